The van der Waals surface area contributed by atoms with Gasteiger partial charge < -0.3 is 4.90 Å². The van der Waals surface area contributed by atoms with Crippen LogP contribution in [-0.2, 0) is 11.2 Å². The number of alkyl halides is 1. The number of carbonyl (C=O) groups is 1. The molecule has 0 fully saturated rings. The second-order valence-corrected chi connectivity index (χ2v) is 9.17. The zero-order valence-electron chi connectivity index (χ0n) is 11.2. The molecule has 0 saturated heterocycles. The minimum Gasteiger partial charge on any atom is -0.315 e. The molecule has 0 radical (unpaired) electrons. The molecule has 3 rings (SSSR count). The number of carbonyl (C=O) groups excluding carboxylic acids is 1. The molecule has 2 heterocycles. The third-order valence-electron chi connectivity index (χ3n) is 3.70. The Morgan fingerprint density at radius 3 is 2.71 bits per heavy atom. The van der Waals surface area contributed by atoms with Gasteiger partial charge in [0.1, 0.15) is 0 Å². The Morgan fingerprint density at radius 2 is 2.05 bits per heavy atom. The van der Waals surface area contributed by atoms with E-state index in [-0.39, 0.29) is 11.3 Å². The third-order valence-corrected chi connectivity index (χ3v) is 6.57. The maximum absolute atomic E-state index is 11.7. The summed E-state index contributed by atoms with van der Waals surface area (Å²) >= 11 is 15.3. The largest absolute Gasteiger partial charge is 0.315 e. The summed E-state index contributed by atoms with van der Waals surface area (Å²) in [6.07, 6.45) is 1.35. The van der Waals surface area contributed by atoms with E-state index in [0.717, 1.165) is 30.8 Å². The van der Waals surface area contributed by atoms with Crippen LogP contribution in [0, 0.1) is 0 Å². The van der Waals surface area contributed by atoms with E-state index < -0.39 is 0 Å². The topological polar surface area (TPSA) is 20.3 Å². The molecule has 0 bridgehead atoms. The molecule has 0 N–H and O–H groups in total. The van der Waals surface area contributed by atoms with E-state index >= 15 is 0 Å². The molecule has 2 nitrogen and oxygen atoms in total. The maximum atomic E-state index is 11.7. The van der Waals surface area contributed by atoms with Gasteiger partial charge in [-0.2, -0.15) is 0 Å². The highest BCUT2D eigenvalue weighted by Gasteiger charge is 2.23. The van der Waals surface area contributed by atoms with Crippen LogP contribution in [0.3, 0.4) is 0 Å². The summed E-state index contributed by atoms with van der Waals surface area (Å²) in [6.45, 7) is 0. The summed E-state index contributed by atoms with van der Waals surface area (Å²) in [7, 11) is 1.82. The molecule has 1 aromatic heterocycles. The van der Waals surface area contributed by atoms with Crippen molar-refractivity contribution in [3.8, 4) is 0 Å². The van der Waals surface area contributed by atoms with Crippen LogP contribution in [0.5, 0.6) is 0 Å². The second kappa shape index (κ2) is 6.03. The second-order valence-electron chi connectivity index (χ2n) is 4.98. The first-order valence-electron chi connectivity index (χ1n) is 6.45. The molecule has 110 valence electrons. The summed E-state index contributed by atoms with van der Waals surface area (Å²) in [5, 5.41) is -0.199. The molecule has 2 aromatic rings. The fraction of sp³-hybridized carbons (Fsp3) is 0.267. The third kappa shape index (κ3) is 2.93. The minimum absolute atomic E-state index is 0.169. The predicted octanol–water partition coefficient (Wildman–Crippen LogP) is 5.51. The van der Waals surface area contributed by atoms with Crippen LogP contribution in [0.15, 0.2) is 31.8 Å². The molecule has 1 unspecified atom stereocenters. The lowest BCUT2D eigenvalue weighted by molar-refractivity contribution is -0.118. The number of benzene rings is 1. The normalized spacial score (nSPS) is 16.0. The van der Waals surface area contributed by atoms with Crippen LogP contribution in [0.25, 0.3) is 0 Å². The van der Waals surface area contributed by atoms with Gasteiger partial charge in [0.2, 0.25) is 5.91 Å². The van der Waals surface area contributed by atoms with Gasteiger partial charge in [-0.3, -0.25) is 4.79 Å². The van der Waals surface area contributed by atoms with Gasteiger partial charge in [0.25, 0.3) is 0 Å². The molecular formula is C15H12Br2ClNOS. The van der Waals surface area contributed by atoms with Crippen LogP contribution in [-0.4, -0.2) is 13.0 Å². The molecule has 21 heavy (non-hydrogen) atoms. The van der Waals surface area contributed by atoms with Crippen LogP contribution in [0.1, 0.15) is 28.5 Å². The van der Waals surface area contributed by atoms with Crippen LogP contribution >= 0.6 is 54.8 Å². The van der Waals surface area contributed by atoms with E-state index in [1.165, 1.54) is 5.56 Å². The molecule has 1 aliphatic heterocycles. The Kier molecular flexibility index (Phi) is 4.46. The molecule has 0 saturated carbocycles. The summed E-state index contributed by atoms with van der Waals surface area (Å²) < 4.78 is 2.10. The van der Waals surface area contributed by atoms with E-state index in [9.17, 15) is 4.79 Å². The highest BCUT2D eigenvalue weighted by molar-refractivity contribution is 9.12. The van der Waals surface area contributed by atoms with Gasteiger partial charge in [-0.25, -0.2) is 0 Å². The lowest BCUT2D eigenvalue weighted by atomic mass is 9.97. The Labute approximate surface area is 149 Å². The van der Waals surface area contributed by atoms with Crippen molar-refractivity contribution in [1.29, 1.82) is 0 Å². The van der Waals surface area contributed by atoms with Gasteiger partial charge in [0.05, 0.1) is 12.9 Å². The molecule has 0 aliphatic carbocycles. The Balaban J connectivity index is 1.97. The Bertz CT molecular complexity index is 716. The van der Waals surface area contributed by atoms with Crippen molar-refractivity contribution in [2.24, 2.45) is 0 Å². The van der Waals surface area contributed by atoms with Gasteiger partial charge in [0, 0.05) is 24.7 Å². The number of aryl methyl sites for hydroxylation is 1. The average molecular weight is 450 g/mol. The number of thiophene rings is 1. The maximum Gasteiger partial charge on any atom is 0.227 e. The van der Waals surface area contributed by atoms with E-state index in [2.05, 4.69) is 37.9 Å². The molecule has 1 atom stereocenters. The van der Waals surface area contributed by atoms with Gasteiger partial charge in [-0.1, -0.05) is 12.1 Å². The van der Waals surface area contributed by atoms with Crippen LogP contribution in [0.2, 0.25) is 0 Å². The molecule has 0 spiro atoms. The summed E-state index contributed by atoms with van der Waals surface area (Å²) in [5.41, 5.74) is 4.30. The minimum atomic E-state index is -0.199. The molecule has 1 aromatic carbocycles. The van der Waals surface area contributed by atoms with E-state index in [1.807, 2.05) is 25.2 Å². The van der Waals surface area contributed by atoms with Crippen LogP contribution in [0.4, 0.5) is 5.69 Å². The first-order valence-corrected chi connectivity index (χ1v) is 9.29. The number of hydrogen-bond acceptors (Lipinski definition) is 2. The van der Waals surface area contributed by atoms with Gasteiger partial charge >= 0.3 is 0 Å². The number of amides is 1. The van der Waals surface area contributed by atoms with Crippen molar-refractivity contribution in [2.75, 3.05) is 11.9 Å². The quantitative estimate of drug-likeness (QED) is 0.554. The van der Waals surface area contributed by atoms with E-state index in [1.54, 1.807) is 16.2 Å². The van der Waals surface area contributed by atoms with E-state index in [0.29, 0.717) is 6.42 Å². The average Bonchev–Trinajstić information content (AvgIpc) is 2.80. The molecule has 1 amide bonds. The zero-order valence-corrected chi connectivity index (χ0v) is 15.9. The molecule has 6 heteroatoms. The predicted molar refractivity (Wildman–Crippen MR) is 95.6 cm³/mol. The van der Waals surface area contributed by atoms with Crippen molar-refractivity contribution < 1.29 is 4.79 Å². The van der Waals surface area contributed by atoms with Crippen molar-refractivity contribution in [3.05, 3.63) is 48.5 Å². The number of halogens is 3. The summed E-state index contributed by atoms with van der Waals surface area (Å²) in [6, 6.07) is 8.16. The van der Waals surface area contributed by atoms with Gasteiger partial charge in [-0.05, 0) is 61.5 Å². The first-order chi connectivity index (χ1) is 9.97. The van der Waals surface area contributed by atoms with Crippen molar-refractivity contribution >= 4 is 66.4 Å². The number of fused-ring (bicyclic) bond motifs is 1. The van der Waals surface area contributed by atoms with Gasteiger partial charge in [0.15, 0.2) is 0 Å². The summed E-state index contributed by atoms with van der Waals surface area (Å²) in [5.74, 6) is 0.169. The molecular weight excluding hydrogens is 437 g/mol. The smallest absolute Gasteiger partial charge is 0.227 e. The van der Waals surface area contributed by atoms with Crippen molar-refractivity contribution in [3.63, 3.8) is 0 Å². The van der Waals surface area contributed by atoms with Crippen molar-refractivity contribution in [1.82, 2.24) is 0 Å². The van der Waals surface area contributed by atoms with Crippen molar-refractivity contribution in [2.45, 2.75) is 18.2 Å². The number of rotatable bonds is 2. The SMILES string of the molecule is CN1C(=O)CCc2cc(C(Cl)c3cc(Br)sc3Br)ccc21. The standard InChI is InChI=1S/C15H12Br2ClNOS/c1-19-11-4-2-9(6-8(11)3-5-13(19)20)14(18)10-7-12(16)21-15(10)17/h2,4,6-7,14H,3,5H2,1H3. The lowest BCUT2D eigenvalue weighted by Crippen LogP contribution is -2.31. The fourth-order valence-electron chi connectivity index (χ4n) is 2.54. The monoisotopic (exact) mass is 447 g/mol. The van der Waals surface area contributed by atoms with Gasteiger partial charge in [-0.15, -0.1) is 22.9 Å². The summed E-state index contributed by atoms with van der Waals surface area (Å²) in [4.78, 5) is 13.5. The Morgan fingerprint density at radius 1 is 1.29 bits per heavy atom. The highest BCUT2D eigenvalue weighted by Crippen LogP contribution is 2.42. The number of hydrogen-bond donors (Lipinski definition) is 0. The fourth-order valence-corrected chi connectivity index (χ4v) is 5.95. The number of nitrogens with zero attached hydrogens (tertiary/aromatic N) is 1. The highest BCUT2D eigenvalue weighted by atomic mass is 79.9. The molecule has 1 aliphatic rings. The lowest BCUT2D eigenvalue weighted by Gasteiger charge is -2.26. The number of anilines is 1. The van der Waals surface area contributed by atoms with Crippen LogP contribution < -0.4 is 4.90 Å². The Hall–Kier alpha value is -0.360. The zero-order chi connectivity index (χ0) is 15.1. The van der Waals surface area contributed by atoms with E-state index in [4.69, 9.17) is 11.6 Å². The first kappa shape index (κ1) is 15.5.